The van der Waals surface area contributed by atoms with Crippen molar-refractivity contribution in [3.8, 4) is 0 Å². The molecule has 0 N–H and O–H groups in total. The molecular weight excluding hydrogens is 214 g/mol. The van der Waals surface area contributed by atoms with Gasteiger partial charge in [-0.15, -0.1) is 0 Å². The van der Waals surface area contributed by atoms with E-state index in [4.69, 9.17) is 10.7 Å². The molecule has 4 nitrogen and oxygen atoms in total. The molecule has 1 rings (SSSR count). The van der Waals surface area contributed by atoms with Crippen molar-refractivity contribution < 1.29 is 13.2 Å². The fourth-order valence-electron chi connectivity index (χ4n) is 1.24. The van der Waals surface area contributed by atoms with Crippen LogP contribution in [0.2, 0.25) is 0 Å². The molecule has 0 saturated carbocycles. The van der Waals surface area contributed by atoms with Crippen molar-refractivity contribution in [3.63, 3.8) is 0 Å². The minimum atomic E-state index is -3.87. The standard InChI is InChI=1S/C7H10ClNO3S/c1-2-3-4-6-5-7(10)9(6)13(8,11)12/h2-3,6H,4-5H2,1H3/b3-2+/t6-/m1/s1. The third-order valence-corrected chi connectivity index (χ3v) is 3.28. The second-order valence-electron chi connectivity index (χ2n) is 2.79. The van der Waals surface area contributed by atoms with E-state index in [-0.39, 0.29) is 12.5 Å². The first-order valence-electron chi connectivity index (χ1n) is 3.85. The second kappa shape index (κ2) is 3.67. The maximum Gasteiger partial charge on any atom is 0.324 e. The Kier molecular flexibility index (Phi) is 2.98. The third kappa shape index (κ3) is 2.22. The summed E-state index contributed by atoms with van der Waals surface area (Å²) in [6, 6.07) is -0.286. The van der Waals surface area contributed by atoms with Crippen LogP contribution in [0.15, 0.2) is 12.2 Å². The summed E-state index contributed by atoms with van der Waals surface area (Å²) >= 11 is 0. The van der Waals surface area contributed by atoms with Gasteiger partial charge in [-0.1, -0.05) is 12.2 Å². The number of hydrogen-bond donors (Lipinski definition) is 0. The molecule has 74 valence electrons. The molecule has 0 bridgehead atoms. The highest BCUT2D eigenvalue weighted by atomic mass is 35.7. The SMILES string of the molecule is C/C=C/C[C@@H]1CC(=O)N1S(=O)(=O)Cl. The molecule has 1 fully saturated rings. The van der Waals surface area contributed by atoms with Crippen molar-refractivity contribution in [2.45, 2.75) is 25.8 Å². The van der Waals surface area contributed by atoms with Gasteiger partial charge in [0.05, 0.1) is 6.04 Å². The van der Waals surface area contributed by atoms with Gasteiger partial charge < -0.3 is 0 Å². The molecule has 0 aliphatic carbocycles. The normalized spacial score (nSPS) is 23.7. The minimum absolute atomic E-state index is 0.260. The summed E-state index contributed by atoms with van der Waals surface area (Å²) in [5, 5.41) is 0. The van der Waals surface area contributed by atoms with E-state index in [0.717, 1.165) is 4.31 Å². The van der Waals surface area contributed by atoms with Crippen molar-refractivity contribution >= 4 is 25.8 Å². The summed E-state index contributed by atoms with van der Waals surface area (Å²) in [6.45, 7) is 1.83. The maximum absolute atomic E-state index is 10.9. The van der Waals surface area contributed by atoms with E-state index in [2.05, 4.69) is 0 Å². The number of halogens is 1. The number of carbonyl (C=O) groups is 1. The predicted octanol–water partition coefficient (Wildman–Crippen LogP) is 1.04. The Bertz CT molecular complexity index is 336. The summed E-state index contributed by atoms with van der Waals surface area (Å²) in [5.41, 5.74) is 0. The second-order valence-corrected chi connectivity index (χ2v) is 5.18. The molecule has 1 saturated heterocycles. The predicted molar refractivity (Wildman–Crippen MR) is 49.5 cm³/mol. The van der Waals surface area contributed by atoms with E-state index in [1.54, 1.807) is 0 Å². The number of rotatable bonds is 3. The Balaban J connectivity index is 2.67. The fourth-order valence-corrected chi connectivity index (χ4v) is 2.64. The quantitative estimate of drug-likeness (QED) is 0.408. The Morgan fingerprint density at radius 2 is 2.31 bits per heavy atom. The van der Waals surface area contributed by atoms with E-state index >= 15 is 0 Å². The van der Waals surface area contributed by atoms with Crippen molar-refractivity contribution in [2.75, 3.05) is 0 Å². The van der Waals surface area contributed by atoms with Crippen molar-refractivity contribution in [3.05, 3.63) is 12.2 Å². The minimum Gasteiger partial charge on any atom is -0.274 e. The zero-order valence-electron chi connectivity index (χ0n) is 7.10. The average molecular weight is 224 g/mol. The van der Waals surface area contributed by atoms with E-state index < -0.39 is 15.1 Å². The maximum atomic E-state index is 10.9. The van der Waals surface area contributed by atoms with Crippen LogP contribution in [0.25, 0.3) is 0 Å². The van der Waals surface area contributed by atoms with Gasteiger partial charge in [-0.2, -0.15) is 8.42 Å². The molecule has 0 radical (unpaired) electrons. The molecule has 1 atom stereocenters. The molecule has 1 heterocycles. The first-order chi connectivity index (χ1) is 5.96. The molecular formula is C7H10ClNO3S. The van der Waals surface area contributed by atoms with E-state index in [1.165, 1.54) is 0 Å². The third-order valence-electron chi connectivity index (χ3n) is 1.87. The Morgan fingerprint density at radius 1 is 1.69 bits per heavy atom. The largest absolute Gasteiger partial charge is 0.324 e. The van der Waals surface area contributed by atoms with Gasteiger partial charge in [0.15, 0.2) is 0 Å². The molecule has 1 aliphatic rings. The Hall–Kier alpha value is -0.550. The van der Waals surface area contributed by atoms with Crippen LogP contribution in [0.4, 0.5) is 0 Å². The molecule has 0 aromatic carbocycles. The van der Waals surface area contributed by atoms with Crippen molar-refractivity contribution in [2.24, 2.45) is 0 Å². The van der Waals surface area contributed by atoms with Crippen molar-refractivity contribution in [1.29, 1.82) is 0 Å². The topological polar surface area (TPSA) is 54.5 Å². The smallest absolute Gasteiger partial charge is 0.274 e. The van der Waals surface area contributed by atoms with Crippen LogP contribution in [0.5, 0.6) is 0 Å². The van der Waals surface area contributed by atoms with Crippen LogP contribution in [-0.4, -0.2) is 24.7 Å². The Labute approximate surface area is 81.7 Å². The highest BCUT2D eigenvalue weighted by Crippen LogP contribution is 2.27. The summed E-state index contributed by atoms with van der Waals surface area (Å²) in [4.78, 5) is 10.9. The number of β-lactam (4-membered cyclic amide) rings is 1. The van der Waals surface area contributed by atoms with E-state index in [0.29, 0.717) is 6.42 Å². The van der Waals surface area contributed by atoms with Crippen LogP contribution < -0.4 is 0 Å². The first kappa shape index (κ1) is 10.5. The van der Waals surface area contributed by atoms with Gasteiger partial charge in [-0.3, -0.25) is 4.79 Å². The van der Waals surface area contributed by atoms with Gasteiger partial charge in [-0.05, 0) is 13.3 Å². The lowest BCUT2D eigenvalue weighted by atomic mass is 10.0. The van der Waals surface area contributed by atoms with Gasteiger partial charge >= 0.3 is 9.24 Å². The summed E-state index contributed by atoms with van der Waals surface area (Å²) in [7, 11) is 1.18. The summed E-state index contributed by atoms with van der Waals surface area (Å²) in [5.74, 6) is -0.426. The van der Waals surface area contributed by atoms with Gasteiger partial charge in [0.2, 0.25) is 5.91 Å². The molecule has 0 aromatic heterocycles. The molecule has 0 aromatic rings. The monoisotopic (exact) mass is 223 g/mol. The highest BCUT2D eigenvalue weighted by molar-refractivity contribution is 8.12. The lowest BCUT2D eigenvalue weighted by molar-refractivity contribution is -0.137. The zero-order valence-corrected chi connectivity index (χ0v) is 8.68. The highest BCUT2D eigenvalue weighted by Gasteiger charge is 2.42. The van der Waals surface area contributed by atoms with Crippen LogP contribution >= 0.6 is 10.7 Å². The number of amides is 1. The average Bonchev–Trinajstić information content (AvgIpc) is 1.93. The lowest BCUT2D eigenvalue weighted by Crippen LogP contribution is -2.53. The van der Waals surface area contributed by atoms with E-state index in [9.17, 15) is 13.2 Å². The Morgan fingerprint density at radius 3 is 2.69 bits per heavy atom. The summed E-state index contributed by atoms with van der Waals surface area (Å²) in [6.07, 6.45) is 4.42. The molecule has 6 heteroatoms. The molecule has 0 spiro atoms. The van der Waals surface area contributed by atoms with Gasteiger partial charge in [0.1, 0.15) is 0 Å². The van der Waals surface area contributed by atoms with Crippen LogP contribution in [0.1, 0.15) is 19.8 Å². The molecule has 0 unspecified atom stereocenters. The lowest BCUT2D eigenvalue weighted by Gasteiger charge is -2.36. The van der Waals surface area contributed by atoms with Crippen LogP contribution in [0.3, 0.4) is 0 Å². The zero-order chi connectivity index (χ0) is 10.1. The number of hydrogen-bond acceptors (Lipinski definition) is 3. The summed E-state index contributed by atoms with van der Waals surface area (Å²) < 4.78 is 22.4. The van der Waals surface area contributed by atoms with E-state index in [1.807, 2.05) is 19.1 Å². The van der Waals surface area contributed by atoms with Gasteiger partial charge in [-0.25, -0.2) is 4.31 Å². The molecule has 1 amide bonds. The van der Waals surface area contributed by atoms with Crippen molar-refractivity contribution in [1.82, 2.24) is 4.31 Å². The van der Waals surface area contributed by atoms with Crippen LogP contribution in [0, 0.1) is 0 Å². The van der Waals surface area contributed by atoms with Gasteiger partial charge in [0, 0.05) is 17.1 Å². The van der Waals surface area contributed by atoms with Gasteiger partial charge in [0.25, 0.3) is 0 Å². The number of carbonyl (C=O) groups excluding carboxylic acids is 1. The first-order valence-corrected chi connectivity index (χ1v) is 6.11. The molecule has 13 heavy (non-hydrogen) atoms. The number of allylic oxidation sites excluding steroid dienone is 1. The van der Waals surface area contributed by atoms with Crippen LogP contribution in [-0.2, 0) is 14.0 Å². The fraction of sp³-hybridized carbons (Fsp3) is 0.571. The number of nitrogens with zero attached hydrogens (tertiary/aromatic N) is 1. The molecule has 1 aliphatic heterocycles.